The Labute approximate surface area is 113 Å². The lowest BCUT2D eigenvalue weighted by Crippen LogP contribution is -2.09. The van der Waals surface area contributed by atoms with Crippen LogP contribution in [0.1, 0.15) is 0 Å². The van der Waals surface area contributed by atoms with Gasteiger partial charge in [0.1, 0.15) is 4.32 Å². The Morgan fingerprint density at radius 2 is 2.22 bits per heavy atom. The molecule has 2 rings (SSSR count). The number of pyridine rings is 1. The maximum absolute atomic E-state index is 10.4. The summed E-state index contributed by atoms with van der Waals surface area (Å²) in [7, 11) is 0. The van der Waals surface area contributed by atoms with E-state index in [1.165, 1.54) is 0 Å². The van der Waals surface area contributed by atoms with Crippen molar-refractivity contribution in [3.8, 4) is 0 Å². The fourth-order valence-electron chi connectivity index (χ4n) is 1.42. The van der Waals surface area contributed by atoms with Crippen molar-refractivity contribution in [1.82, 2.24) is 4.98 Å². The summed E-state index contributed by atoms with van der Waals surface area (Å²) in [6.07, 6.45) is 1.68. The molecule has 92 valence electrons. The molecule has 0 unspecified atom stereocenters. The molecule has 0 atom stereocenters. The van der Waals surface area contributed by atoms with Crippen LogP contribution in [0.25, 0.3) is 10.9 Å². The molecule has 0 bridgehead atoms. The molecule has 0 radical (unpaired) electrons. The number of benzene rings is 1. The molecule has 0 amide bonds. The number of aromatic nitrogens is 1. The number of fused-ring (bicyclic) bond motifs is 1. The maximum atomic E-state index is 10.4. The van der Waals surface area contributed by atoms with E-state index in [-0.39, 0.29) is 5.75 Å². The number of rotatable bonds is 3. The number of carboxylic acid groups (broad SMARTS) is 1. The molecule has 0 spiro atoms. The van der Waals surface area contributed by atoms with Crippen LogP contribution < -0.4 is 5.32 Å². The van der Waals surface area contributed by atoms with Crippen molar-refractivity contribution in [2.45, 2.75) is 0 Å². The number of thioether (sulfide) groups is 1. The van der Waals surface area contributed by atoms with E-state index in [1.807, 2.05) is 30.3 Å². The lowest BCUT2D eigenvalue weighted by atomic mass is 10.2. The molecule has 0 aliphatic heterocycles. The number of hydrogen-bond donors (Lipinski definition) is 2. The lowest BCUT2D eigenvalue weighted by Gasteiger charge is -2.06. The highest BCUT2D eigenvalue weighted by Gasteiger charge is 2.03. The number of para-hydroxylation sites is 1. The van der Waals surface area contributed by atoms with Crippen LogP contribution in [-0.4, -0.2) is 26.1 Å². The van der Waals surface area contributed by atoms with Crippen LogP contribution in [0.2, 0.25) is 0 Å². The van der Waals surface area contributed by atoms with Crippen molar-refractivity contribution in [2.75, 3.05) is 11.1 Å². The van der Waals surface area contributed by atoms with Crippen LogP contribution in [0.3, 0.4) is 0 Å². The van der Waals surface area contributed by atoms with Crippen LogP contribution in [-0.2, 0) is 4.79 Å². The SMILES string of the molecule is O=C(O)CSC(=S)Nc1cnc2ccccc2c1. The van der Waals surface area contributed by atoms with Gasteiger partial charge in [0.05, 0.1) is 23.2 Å². The van der Waals surface area contributed by atoms with E-state index in [0.717, 1.165) is 28.4 Å². The fraction of sp³-hybridized carbons (Fsp3) is 0.0833. The summed E-state index contributed by atoms with van der Waals surface area (Å²) in [5, 5.41) is 12.5. The van der Waals surface area contributed by atoms with E-state index in [0.29, 0.717) is 4.32 Å². The zero-order valence-electron chi connectivity index (χ0n) is 9.29. The van der Waals surface area contributed by atoms with Gasteiger partial charge in [-0.25, -0.2) is 0 Å². The number of carboxylic acids is 1. The second-order valence-corrected chi connectivity index (χ2v) is 5.16. The predicted octanol–water partition coefficient (Wildman–Crippen LogP) is 2.75. The van der Waals surface area contributed by atoms with Gasteiger partial charge in [0.25, 0.3) is 0 Å². The summed E-state index contributed by atoms with van der Waals surface area (Å²) in [5.41, 5.74) is 1.67. The minimum Gasteiger partial charge on any atom is -0.481 e. The van der Waals surface area contributed by atoms with E-state index in [2.05, 4.69) is 10.3 Å². The second-order valence-electron chi connectivity index (χ2n) is 3.51. The Morgan fingerprint density at radius 3 is 3.00 bits per heavy atom. The lowest BCUT2D eigenvalue weighted by molar-refractivity contribution is -0.133. The molecule has 0 saturated carbocycles. The van der Waals surface area contributed by atoms with E-state index in [1.54, 1.807) is 6.20 Å². The highest BCUT2D eigenvalue weighted by atomic mass is 32.2. The van der Waals surface area contributed by atoms with Crippen molar-refractivity contribution in [3.63, 3.8) is 0 Å². The van der Waals surface area contributed by atoms with Gasteiger partial charge in [-0.2, -0.15) is 0 Å². The largest absolute Gasteiger partial charge is 0.481 e. The Hall–Kier alpha value is -1.66. The summed E-state index contributed by atoms with van der Waals surface area (Å²) >= 11 is 6.12. The first-order chi connectivity index (χ1) is 8.65. The van der Waals surface area contributed by atoms with Gasteiger partial charge in [0, 0.05) is 5.39 Å². The van der Waals surface area contributed by atoms with Gasteiger partial charge in [0.15, 0.2) is 0 Å². The Bertz CT molecular complexity index is 601. The minimum atomic E-state index is -0.888. The average Bonchev–Trinajstić information content (AvgIpc) is 2.36. The molecule has 4 nitrogen and oxygen atoms in total. The third-order valence-corrected chi connectivity index (χ3v) is 3.37. The number of nitrogens with one attached hydrogen (secondary N) is 1. The standard InChI is InChI=1S/C12H10N2O2S2/c15-11(16)7-18-12(17)14-9-5-8-3-1-2-4-10(8)13-6-9/h1-6H,7H2,(H,14,17)(H,15,16). The molecule has 1 aromatic carbocycles. The summed E-state index contributed by atoms with van der Waals surface area (Å²) in [6.45, 7) is 0. The van der Waals surface area contributed by atoms with Crippen molar-refractivity contribution >= 4 is 50.9 Å². The topological polar surface area (TPSA) is 62.2 Å². The van der Waals surface area contributed by atoms with Crippen molar-refractivity contribution < 1.29 is 9.90 Å². The smallest absolute Gasteiger partial charge is 0.313 e. The number of anilines is 1. The predicted molar refractivity (Wildman–Crippen MR) is 78.1 cm³/mol. The van der Waals surface area contributed by atoms with E-state index < -0.39 is 5.97 Å². The molecule has 0 aliphatic rings. The van der Waals surface area contributed by atoms with Gasteiger partial charge in [-0.3, -0.25) is 9.78 Å². The van der Waals surface area contributed by atoms with Crippen LogP contribution in [0.5, 0.6) is 0 Å². The number of aliphatic carboxylic acids is 1. The highest BCUT2D eigenvalue weighted by Crippen LogP contribution is 2.17. The quantitative estimate of drug-likeness (QED) is 0.842. The van der Waals surface area contributed by atoms with Gasteiger partial charge < -0.3 is 10.4 Å². The van der Waals surface area contributed by atoms with Crippen molar-refractivity contribution in [3.05, 3.63) is 36.5 Å². The van der Waals surface area contributed by atoms with E-state index >= 15 is 0 Å². The summed E-state index contributed by atoms with van der Waals surface area (Å²) in [5.74, 6) is -0.937. The van der Waals surface area contributed by atoms with Crippen LogP contribution in [0, 0.1) is 0 Å². The first-order valence-electron chi connectivity index (χ1n) is 5.15. The summed E-state index contributed by atoms with van der Waals surface area (Å²) in [6, 6.07) is 9.68. The number of nitrogens with zero attached hydrogens (tertiary/aromatic N) is 1. The minimum absolute atomic E-state index is 0.0488. The maximum Gasteiger partial charge on any atom is 0.313 e. The van der Waals surface area contributed by atoms with Gasteiger partial charge in [0.2, 0.25) is 0 Å². The Morgan fingerprint density at radius 1 is 1.44 bits per heavy atom. The Kier molecular flexibility index (Phi) is 4.11. The zero-order valence-corrected chi connectivity index (χ0v) is 10.9. The number of hydrogen-bond acceptors (Lipinski definition) is 4. The molecular weight excluding hydrogens is 268 g/mol. The number of thiocarbonyl (C=S) groups is 1. The monoisotopic (exact) mass is 278 g/mol. The highest BCUT2D eigenvalue weighted by molar-refractivity contribution is 8.23. The molecule has 0 fully saturated rings. The van der Waals surface area contributed by atoms with E-state index in [9.17, 15) is 4.79 Å². The van der Waals surface area contributed by atoms with Gasteiger partial charge in [-0.1, -0.05) is 42.2 Å². The molecule has 1 heterocycles. The first-order valence-corrected chi connectivity index (χ1v) is 6.55. The molecule has 0 saturated heterocycles. The summed E-state index contributed by atoms with van der Waals surface area (Å²) < 4.78 is 0.425. The van der Waals surface area contributed by atoms with Gasteiger partial charge in [-0.15, -0.1) is 0 Å². The van der Waals surface area contributed by atoms with Gasteiger partial charge >= 0.3 is 5.97 Å². The Balaban J connectivity index is 2.07. The number of carbonyl (C=O) groups is 1. The van der Waals surface area contributed by atoms with E-state index in [4.69, 9.17) is 17.3 Å². The third kappa shape index (κ3) is 3.41. The summed E-state index contributed by atoms with van der Waals surface area (Å²) in [4.78, 5) is 14.7. The molecular formula is C12H10N2O2S2. The van der Waals surface area contributed by atoms with Crippen molar-refractivity contribution in [2.24, 2.45) is 0 Å². The third-order valence-electron chi connectivity index (χ3n) is 2.16. The zero-order chi connectivity index (χ0) is 13.0. The van der Waals surface area contributed by atoms with Gasteiger partial charge in [-0.05, 0) is 12.1 Å². The van der Waals surface area contributed by atoms with Crippen LogP contribution in [0.15, 0.2) is 36.5 Å². The van der Waals surface area contributed by atoms with Crippen molar-refractivity contribution in [1.29, 1.82) is 0 Å². The van der Waals surface area contributed by atoms with Crippen LogP contribution in [0.4, 0.5) is 5.69 Å². The molecule has 2 N–H and O–H groups in total. The molecule has 2 aromatic rings. The average molecular weight is 278 g/mol. The second kappa shape index (κ2) is 5.79. The van der Waals surface area contributed by atoms with Crippen LogP contribution >= 0.6 is 24.0 Å². The molecule has 0 aliphatic carbocycles. The fourth-order valence-corrected chi connectivity index (χ4v) is 2.16. The first kappa shape index (κ1) is 12.8. The molecule has 6 heteroatoms. The molecule has 1 aromatic heterocycles. The normalized spacial score (nSPS) is 10.2. The molecule has 18 heavy (non-hydrogen) atoms.